The number of carbonyl (C=O) groups excluding carboxylic acids is 2. The first-order chi connectivity index (χ1) is 10.7. The largest absolute Gasteiger partial charge is 0.348 e. The Labute approximate surface area is 154 Å². The lowest BCUT2D eigenvalue weighted by Gasteiger charge is -2.47. The van der Waals surface area contributed by atoms with E-state index in [0.717, 1.165) is 31.5 Å². The molecule has 2 aliphatic rings. The van der Waals surface area contributed by atoms with Gasteiger partial charge in [0.2, 0.25) is 11.8 Å². The SMILES string of the molecule is Cl.Cl.NCC(=O)N1CC[C@@H]2[C@@H](CCC(=O)N2CCc2cnc[nH]2)C1. The van der Waals surface area contributed by atoms with Crippen LogP contribution in [0.4, 0.5) is 0 Å². The zero-order valence-corrected chi connectivity index (χ0v) is 15.2. The molecule has 0 radical (unpaired) electrons. The number of amides is 2. The van der Waals surface area contributed by atoms with Crippen LogP contribution in [0.25, 0.3) is 0 Å². The molecule has 2 saturated heterocycles. The van der Waals surface area contributed by atoms with Gasteiger partial charge in [-0.3, -0.25) is 9.59 Å². The van der Waals surface area contributed by atoms with Crippen molar-refractivity contribution in [2.45, 2.75) is 31.7 Å². The minimum absolute atomic E-state index is 0. The molecular formula is C15H25Cl2N5O2. The second-order valence-electron chi connectivity index (χ2n) is 6.11. The van der Waals surface area contributed by atoms with Gasteiger partial charge in [-0.1, -0.05) is 0 Å². The van der Waals surface area contributed by atoms with E-state index >= 15 is 0 Å². The molecule has 7 nitrogen and oxygen atoms in total. The lowest BCUT2D eigenvalue weighted by molar-refractivity contribution is -0.143. The van der Waals surface area contributed by atoms with Crippen molar-refractivity contribution in [3.05, 3.63) is 18.2 Å². The molecule has 0 saturated carbocycles. The van der Waals surface area contributed by atoms with Crippen molar-refractivity contribution in [1.82, 2.24) is 19.8 Å². The molecule has 0 aromatic carbocycles. The van der Waals surface area contributed by atoms with Crippen LogP contribution < -0.4 is 5.73 Å². The van der Waals surface area contributed by atoms with Gasteiger partial charge in [0.05, 0.1) is 12.9 Å². The number of piperidine rings is 2. The first kappa shape index (κ1) is 20.7. The van der Waals surface area contributed by atoms with E-state index in [9.17, 15) is 9.59 Å². The molecule has 0 unspecified atom stereocenters. The summed E-state index contributed by atoms with van der Waals surface area (Å²) in [6, 6.07) is 0.256. The summed E-state index contributed by atoms with van der Waals surface area (Å²) in [7, 11) is 0. The Morgan fingerprint density at radius 2 is 2.17 bits per heavy atom. The summed E-state index contributed by atoms with van der Waals surface area (Å²) in [4.78, 5) is 35.0. The van der Waals surface area contributed by atoms with Gasteiger partial charge >= 0.3 is 0 Å². The van der Waals surface area contributed by atoms with Crippen molar-refractivity contribution in [1.29, 1.82) is 0 Å². The number of carbonyl (C=O) groups is 2. The molecule has 3 rings (SSSR count). The van der Waals surface area contributed by atoms with Crippen molar-refractivity contribution in [3.8, 4) is 0 Å². The molecule has 2 amide bonds. The number of halogens is 2. The quantitative estimate of drug-likeness (QED) is 0.802. The average Bonchev–Trinajstić information content (AvgIpc) is 3.06. The standard InChI is InChI=1S/C15H23N5O2.2ClH/c16-7-15(22)19-5-4-13-11(9-19)1-2-14(21)20(13)6-3-12-8-17-10-18-12;;/h8,10-11,13H,1-7,9,16H2,(H,17,18);2*1H/t11-,13+;;/m0../s1. The number of nitrogens with zero attached hydrogens (tertiary/aromatic N) is 3. The predicted octanol–water partition coefficient (Wildman–Crippen LogP) is 0.594. The second kappa shape index (κ2) is 9.25. The van der Waals surface area contributed by atoms with Gasteiger partial charge in [0.1, 0.15) is 0 Å². The van der Waals surface area contributed by atoms with Gasteiger partial charge in [0.25, 0.3) is 0 Å². The van der Waals surface area contributed by atoms with E-state index in [1.165, 1.54) is 0 Å². The van der Waals surface area contributed by atoms with Gasteiger partial charge in [-0.2, -0.15) is 0 Å². The van der Waals surface area contributed by atoms with Gasteiger partial charge in [-0.05, 0) is 18.8 Å². The lowest BCUT2D eigenvalue weighted by Crippen LogP contribution is -2.57. The third-order valence-electron chi connectivity index (χ3n) is 4.85. The fraction of sp³-hybridized carbons (Fsp3) is 0.667. The molecule has 24 heavy (non-hydrogen) atoms. The van der Waals surface area contributed by atoms with Crippen molar-refractivity contribution < 1.29 is 9.59 Å². The molecule has 3 N–H and O–H groups in total. The zero-order valence-electron chi connectivity index (χ0n) is 13.5. The number of fused-ring (bicyclic) bond motifs is 1. The lowest BCUT2D eigenvalue weighted by atomic mass is 9.83. The summed E-state index contributed by atoms with van der Waals surface area (Å²) < 4.78 is 0. The van der Waals surface area contributed by atoms with Gasteiger partial charge in [0.15, 0.2) is 0 Å². The average molecular weight is 378 g/mol. The van der Waals surface area contributed by atoms with Crippen LogP contribution in [0.1, 0.15) is 25.0 Å². The summed E-state index contributed by atoms with van der Waals surface area (Å²) in [5.41, 5.74) is 6.50. The Balaban J connectivity index is 0.00000144. The number of hydrogen-bond donors (Lipinski definition) is 2. The minimum atomic E-state index is 0. The molecule has 136 valence electrons. The number of nitrogens with one attached hydrogen (secondary N) is 1. The van der Waals surface area contributed by atoms with E-state index in [1.54, 1.807) is 12.5 Å². The molecule has 9 heteroatoms. The predicted molar refractivity (Wildman–Crippen MR) is 95.3 cm³/mol. The number of hydrogen-bond acceptors (Lipinski definition) is 4. The molecule has 0 spiro atoms. The molecule has 1 aromatic rings. The Morgan fingerprint density at radius 1 is 1.38 bits per heavy atom. The number of H-pyrrole nitrogens is 1. The van der Waals surface area contributed by atoms with Crippen molar-refractivity contribution in [2.24, 2.45) is 11.7 Å². The molecule has 2 aliphatic heterocycles. The Hall–Kier alpha value is -1.31. The topological polar surface area (TPSA) is 95.3 Å². The Bertz CT molecular complexity index is 540. The number of aromatic amines is 1. The fourth-order valence-electron chi connectivity index (χ4n) is 3.66. The van der Waals surface area contributed by atoms with E-state index in [4.69, 9.17) is 5.73 Å². The molecule has 2 atom stereocenters. The molecule has 0 aliphatic carbocycles. The maximum absolute atomic E-state index is 12.3. The molecular weight excluding hydrogens is 353 g/mol. The van der Waals surface area contributed by atoms with Gasteiger partial charge < -0.3 is 20.5 Å². The van der Waals surface area contributed by atoms with Gasteiger partial charge in [-0.25, -0.2) is 4.98 Å². The number of aromatic nitrogens is 2. The fourth-order valence-corrected chi connectivity index (χ4v) is 3.66. The van der Waals surface area contributed by atoms with Gasteiger partial charge in [-0.15, -0.1) is 24.8 Å². The third-order valence-corrected chi connectivity index (χ3v) is 4.85. The normalized spacial score (nSPS) is 23.1. The van der Waals surface area contributed by atoms with E-state index < -0.39 is 0 Å². The molecule has 0 bridgehead atoms. The van der Waals surface area contributed by atoms with Gasteiger partial charge in [0, 0.05) is 50.4 Å². The van der Waals surface area contributed by atoms with Crippen LogP contribution >= 0.6 is 24.8 Å². The highest BCUT2D eigenvalue weighted by molar-refractivity contribution is 5.85. The smallest absolute Gasteiger partial charge is 0.236 e. The zero-order chi connectivity index (χ0) is 15.5. The summed E-state index contributed by atoms with van der Waals surface area (Å²) >= 11 is 0. The first-order valence-electron chi connectivity index (χ1n) is 7.93. The highest BCUT2D eigenvalue weighted by Gasteiger charge is 2.39. The van der Waals surface area contributed by atoms with Crippen LogP contribution in [0.3, 0.4) is 0 Å². The third kappa shape index (κ3) is 4.40. The highest BCUT2D eigenvalue weighted by atomic mass is 35.5. The minimum Gasteiger partial charge on any atom is -0.348 e. The highest BCUT2D eigenvalue weighted by Crippen LogP contribution is 2.31. The van der Waals surface area contributed by atoms with Crippen LogP contribution in [0, 0.1) is 5.92 Å². The second-order valence-corrected chi connectivity index (χ2v) is 6.11. The van der Waals surface area contributed by atoms with Crippen LogP contribution in [0.15, 0.2) is 12.5 Å². The Kier molecular flexibility index (Phi) is 7.99. The number of nitrogens with two attached hydrogens (primary N) is 1. The van der Waals surface area contributed by atoms with Crippen LogP contribution in [0.5, 0.6) is 0 Å². The van der Waals surface area contributed by atoms with Crippen LogP contribution in [0.2, 0.25) is 0 Å². The summed E-state index contributed by atoms with van der Waals surface area (Å²) in [6.07, 6.45) is 6.56. The van der Waals surface area contributed by atoms with E-state index in [-0.39, 0.29) is 49.2 Å². The monoisotopic (exact) mass is 377 g/mol. The number of rotatable bonds is 4. The maximum Gasteiger partial charge on any atom is 0.236 e. The first-order valence-corrected chi connectivity index (χ1v) is 7.93. The van der Waals surface area contributed by atoms with Crippen LogP contribution in [-0.4, -0.2) is 63.8 Å². The Morgan fingerprint density at radius 3 is 2.83 bits per heavy atom. The molecule has 3 heterocycles. The maximum atomic E-state index is 12.3. The number of imidazole rings is 1. The van der Waals surface area contributed by atoms with Crippen LogP contribution in [-0.2, 0) is 16.0 Å². The summed E-state index contributed by atoms with van der Waals surface area (Å²) in [5.74, 6) is 0.627. The van der Waals surface area contributed by atoms with Crippen molar-refractivity contribution >= 4 is 36.6 Å². The summed E-state index contributed by atoms with van der Waals surface area (Å²) in [5, 5.41) is 0. The molecule has 1 aromatic heterocycles. The van der Waals surface area contributed by atoms with E-state index in [2.05, 4.69) is 9.97 Å². The number of likely N-dealkylation sites (tertiary alicyclic amines) is 2. The van der Waals surface area contributed by atoms with E-state index in [0.29, 0.717) is 25.4 Å². The van der Waals surface area contributed by atoms with Crippen molar-refractivity contribution in [3.63, 3.8) is 0 Å². The van der Waals surface area contributed by atoms with E-state index in [1.807, 2.05) is 9.80 Å². The summed E-state index contributed by atoms with van der Waals surface area (Å²) in [6.45, 7) is 2.21. The molecule has 2 fully saturated rings. The van der Waals surface area contributed by atoms with Crippen molar-refractivity contribution in [2.75, 3.05) is 26.2 Å².